The molecule has 5 nitrogen and oxygen atoms in total. The van der Waals surface area contributed by atoms with Crippen molar-refractivity contribution in [2.45, 2.75) is 161 Å². The van der Waals surface area contributed by atoms with Crippen LogP contribution in [0.25, 0.3) is 0 Å². The lowest BCUT2D eigenvalue weighted by atomic mass is 10.0. The minimum Gasteiger partial charge on any atom is -0.481 e. The summed E-state index contributed by atoms with van der Waals surface area (Å²) < 4.78 is 5.12. The number of rotatable bonds is 27. The van der Waals surface area contributed by atoms with Gasteiger partial charge in [-0.25, -0.2) is 0 Å². The Kier molecular flexibility index (Phi) is 28.2. The topological polar surface area (TPSA) is 87.1 Å². The number of hydrogen-bond donors (Lipinski definition) is 2. The van der Waals surface area contributed by atoms with Crippen molar-refractivity contribution in [3.05, 3.63) is 12.2 Å². The predicted molar refractivity (Wildman–Crippen MR) is 163 cm³/mol. The lowest BCUT2D eigenvalue weighted by Crippen LogP contribution is -2.15. The van der Waals surface area contributed by atoms with Gasteiger partial charge in [0.05, 0.1) is 18.9 Å². The van der Waals surface area contributed by atoms with Crippen molar-refractivity contribution in [2.24, 2.45) is 5.92 Å². The van der Waals surface area contributed by atoms with Crippen molar-refractivity contribution in [1.82, 2.24) is 0 Å². The zero-order valence-electron chi connectivity index (χ0n) is 24.8. The van der Waals surface area contributed by atoms with Crippen LogP contribution >= 0.6 is 11.8 Å². The van der Waals surface area contributed by atoms with Crippen molar-refractivity contribution in [3.8, 4) is 0 Å². The molecule has 2 unspecified atom stereocenters. The van der Waals surface area contributed by atoms with E-state index in [1.807, 2.05) is 17.8 Å². The molecule has 1 aliphatic rings. The molecule has 0 saturated carbocycles. The summed E-state index contributed by atoms with van der Waals surface area (Å²) in [5.74, 6) is -1.74. The Balaban J connectivity index is 0.000000942. The van der Waals surface area contributed by atoms with Gasteiger partial charge in [0.25, 0.3) is 0 Å². The van der Waals surface area contributed by atoms with Crippen LogP contribution in [0.2, 0.25) is 0 Å². The average molecular weight is 557 g/mol. The monoisotopic (exact) mass is 556 g/mol. The van der Waals surface area contributed by atoms with Crippen LogP contribution in [0.15, 0.2) is 12.2 Å². The number of hydrogen-bond acceptors (Lipinski definition) is 4. The molecule has 1 fully saturated rings. The predicted octanol–water partition coefficient (Wildman–Crippen LogP) is 10.0. The molecular formula is C32H60O5S. The Labute approximate surface area is 239 Å². The summed E-state index contributed by atoms with van der Waals surface area (Å²) in [7, 11) is 0. The van der Waals surface area contributed by atoms with Crippen LogP contribution in [0.1, 0.15) is 155 Å². The van der Waals surface area contributed by atoms with E-state index in [-0.39, 0.29) is 6.42 Å². The average Bonchev–Trinajstić information content (AvgIpc) is 3.72. The maximum absolute atomic E-state index is 10.9. The zero-order valence-corrected chi connectivity index (χ0v) is 25.6. The molecule has 38 heavy (non-hydrogen) atoms. The second-order valence-corrected chi connectivity index (χ2v) is 12.0. The first-order valence-electron chi connectivity index (χ1n) is 15.9. The molecule has 0 aromatic rings. The van der Waals surface area contributed by atoms with Crippen molar-refractivity contribution in [1.29, 1.82) is 0 Å². The van der Waals surface area contributed by atoms with E-state index in [0.29, 0.717) is 5.44 Å². The third-order valence-corrected chi connectivity index (χ3v) is 8.08. The van der Waals surface area contributed by atoms with Crippen LogP contribution in [-0.4, -0.2) is 39.9 Å². The summed E-state index contributed by atoms with van der Waals surface area (Å²) in [6, 6.07) is 0. The van der Waals surface area contributed by atoms with Crippen LogP contribution in [0.4, 0.5) is 0 Å². The van der Waals surface area contributed by atoms with Crippen LogP contribution < -0.4 is 0 Å². The molecule has 0 amide bonds. The van der Waals surface area contributed by atoms with E-state index in [0.717, 1.165) is 19.4 Å². The molecule has 0 aliphatic carbocycles. The van der Waals surface area contributed by atoms with E-state index in [1.165, 1.54) is 134 Å². The molecule has 1 saturated heterocycles. The first kappa shape index (κ1) is 37.0. The summed E-state index contributed by atoms with van der Waals surface area (Å²) >= 11 is 1.98. The molecule has 1 heterocycles. The highest BCUT2D eigenvalue weighted by atomic mass is 32.2. The maximum Gasteiger partial charge on any atom is 0.310 e. The second-order valence-electron chi connectivity index (χ2n) is 10.8. The number of ether oxygens (including phenoxy) is 1. The summed E-state index contributed by atoms with van der Waals surface area (Å²) in [5.41, 5.74) is 0.570. The van der Waals surface area contributed by atoms with Crippen LogP contribution in [0.5, 0.6) is 0 Å². The molecule has 2 atom stereocenters. The highest BCUT2D eigenvalue weighted by Crippen LogP contribution is 2.25. The first-order chi connectivity index (χ1) is 18.5. The van der Waals surface area contributed by atoms with E-state index in [1.54, 1.807) is 0 Å². The fourth-order valence-electron chi connectivity index (χ4n) is 4.38. The zero-order chi connectivity index (χ0) is 28.1. The number of unbranched alkanes of at least 4 members (excludes halogenated alkanes) is 19. The number of carboxylic acids is 2. The second kappa shape index (κ2) is 29.0. The molecule has 0 aromatic carbocycles. The van der Waals surface area contributed by atoms with E-state index in [2.05, 4.69) is 13.8 Å². The van der Waals surface area contributed by atoms with Gasteiger partial charge in [-0.1, -0.05) is 142 Å². The van der Waals surface area contributed by atoms with E-state index in [9.17, 15) is 9.59 Å². The Morgan fingerprint density at radius 2 is 1.16 bits per heavy atom. The molecular weight excluding hydrogens is 496 g/mol. The van der Waals surface area contributed by atoms with Gasteiger partial charge in [0.1, 0.15) is 5.44 Å². The number of carbonyl (C=O) groups is 2. The van der Waals surface area contributed by atoms with Crippen molar-refractivity contribution < 1.29 is 24.5 Å². The van der Waals surface area contributed by atoms with Crippen LogP contribution in [-0.2, 0) is 14.3 Å². The molecule has 6 heteroatoms. The number of aliphatic carboxylic acids is 2. The Morgan fingerprint density at radius 3 is 1.55 bits per heavy atom. The third kappa shape index (κ3) is 29.5. The van der Waals surface area contributed by atoms with Crippen LogP contribution in [0, 0.1) is 5.92 Å². The van der Waals surface area contributed by atoms with Gasteiger partial charge in [-0.2, -0.15) is 0 Å². The smallest absolute Gasteiger partial charge is 0.310 e. The minimum atomic E-state index is -1.07. The molecule has 2 N–H and O–H groups in total. The number of epoxide rings is 1. The SMILES string of the molecule is CCCCCCCCCCCCCCCCC=CC(CC(=O)O)C(=O)O.CCCCCCCCSC1CO1. The van der Waals surface area contributed by atoms with Gasteiger partial charge in [0.2, 0.25) is 0 Å². The van der Waals surface area contributed by atoms with Crippen molar-refractivity contribution >= 4 is 23.7 Å². The molecule has 0 bridgehead atoms. The van der Waals surface area contributed by atoms with Gasteiger partial charge in [0, 0.05) is 0 Å². The maximum atomic E-state index is 10.9. The quantitative estimate of drug-likeness (QED) is 0.0594. The van der Waals surface area contributed by atoms with Crippen molar-refractivity contribution in [2.75, 3.05) is 12.4 Å². The van der Waals surface area contributed by atoms with Gasteiger partial charge in [-0.15, -0.1) is 11.8 Å². The number of thioether (sulfide) groups is 1. The van der Waals surface area contributed by atoms with E-state index >= 15 is 0 Å². The number of allylic oxidation sites excluding steroid dienone is 1. The third-order valence-electron chi connectivity index (χ3n) is 6.91. The lowest BCUT2D eigenvalue weighted by Gasteiger charge is -2.04. The fraction of sp³-hybridized carbons (Fsp3) is 0.875. The van der Waals surface area contributed by atoms with Crippen LogP contribution in [0.3, 0.4) is 0 Å². The first-order valence-corrected chi connectivity index (χ1v) is 16.9. The molecule has 0 aromatic heterocycles. The summed E-state index contributed by atoms with van der Waals surface area (Å²) in [4.78, 5) is 21.5. The largest absolute Gasteiger partial charge is 0.481 e. The Hall–Kier alpha value is -1.01. The van der Waals surface area contributed by atoms with E-state index < -0.39 is 17.9 Å². The molecule has 0 spiro atoms. The van der Waals surface area contributed by atoms with Crippen molar-refractivity contribution in [3.63, 3.8) is 0 Å². The molecule has 224 valence electrons. The normalized spacial score (nSPS) is 15.3. The van der Waals surface area contributed by atoms with Gasteiger partial charge < -0.3 is 14.9 Å². The molecule has 1 rings (SSSR count). The summed E-state index contributed by atoms with van der Waals surface area (Å²) in [6.07, 6.45) is 30.8. The highest BCUT2D eigenvalue weighted by molar-refractivity contribution is 7.99. The summed E-state index contributed by atoms with van der Waals surface area (Å²) in [6.45, 7) is 5.52. The number of carboxylic acid groups (broad SMARTS) is 2. The Morgan fingerprint density at radius 1 is 0.737 bits per heavy atom. The van der Waals surface area contributed by atoms with Gasteiger partial charge in [-0.05, 0) is 25.0 Å². The minimum absolute atomic E-state index is 0.343. The molecule has 1 aliphatic heterocycles. The molecule has 0 radical (unpaired) electrons. The van der Waals surface area contributed by atoms with Gasteiger partial charge in [0.15, 0.2) is 0 Å². The van der Waals surface area contributed by atoms with Gasteiger partial charge >= 0.3 is 11.9 Å². The fourth-order valence-corrected chi connectivity index (χ4v) is 5.28. The summed E-state index contributed by atoms with van der Waals surface area (Å²) in [5, 5.41) is 17.6. The lowest BCUT2D eigenvalue weighted by molar-refractivity contribution is -0.146. The highest BCUT2D eigenvalue weighted by Gasteiger charge is 2.21. The Bertz CT molecular complexity index is 562. The standard InChI is InChI=1S/C22H40O4.C10H20OS/c1-2-3-4-5-6-7-8-9-10-11-12-13-14-15-16-17-18-20(22(25)26)19-21(23)24;1-2-3-4-5-6-7-8-12-10-9-11-10/h17-18,20H,2-16,19H2,1H3,(H,23,24)(H,25,26);10H,2-9H2,1H3. The van der Waals surface area contributed by atoms with E-state index in [4.69, 9.17) is 14.9 Å². The van der Waals surface area contributed by atoms with Gasteiger partial charge in [-0.3, -0.25) is 9.59 Å².